The van der Waals surface area contributed by atoms with E-state index in [2.05, 4.69) is 9.97 Å². The minimum absolute atomic E-state index is 0.0439. The lowest BCUT2D eigenvalue weighted by Gasteiger charge is -2.15. The summed E-state index contributed by atoms with van der Waals surface area (Å²) in [5.74, 6) is -0.937. The third-order valence-corrected chi connectivity index (χ3v) is 6.84. The van der Waals surface area contributed by atoms with E-state index in [0.717, 1.165) is 6.07 Å². The molecule has 0 fully saturated rings. The summed E-state index contributed by atoms with van der Waals surface area (Å²) in [4.78, 5) is 43.2. The van der Waals surface area contributed by atoms with E-state index in [4.69, 9.17) is 27.9 Å². The van der Waals surface area contributed by atoms with Crippen molar-refractivity contribution in [3.05, 3.63) is 104 Å². The Kier molecular flexibility index (Phi) is 6.75. The van der Waals surface area contributed by atoms with Crippen LogP contribution in [-0.2, 0) is 0 Å². The first kappa shape index (κ1) is 25.3. The highest BCUT2D eigenvalue weighted by Gasteiger charge is 2.19. The number of aldehydes is 2. The fourth-order valence-electron chi connectivity index (χ4n) is 4.14. The number of fused-ring (bicyclic) bond motifs is 1. The van der Waals surface area contributed by atoms with Crippen LogP contribution in [0.25, 0.3) is 39.2 Å². The van der Waals surface area contributed by atoms with Crippen LogP contribution < -0.4 is 10.3 Å². The van der Waals surface area contributed by atoms with Gasteiger partial charge in [0.15, 0.2) is 12.6 Å². The molecule has 0 unspecified atom stereocenters. The molecule has 2 aromatic carbocycles. The first-order chi connectivity index (χ1) is 18.4. The van der Waals surface area contributed by atoms with Crippen molar-refractivity contribution in [2.24, 2.45) is 0 Å². The van der Waals surface area contributed by atoms with Gasteiger partial charge < -0.3 is 4.74 Å². The van der Waals surface area contributed by atoms with Gasteiger partial charge in [0.2, 0.25) is 5.88 Å². The summed E-state index contributed by atoms with van der Waals surface area (Å²) in [5.41, 5.74) is 2.67. The van der Waals surface area contributed by atoms with E-state index >= 15 is 0 Å². The topological polar surface area (TPSA) is 90.6 Å². The lowest BCUT2D eigenvalue weighted by atomic mass is 9.97. The summed E-state index contributed by atoms with van der Waals surface area (Å²) in [7, 11) is 1.29. The van der Waals surface area contributed by atoms with E-state index < -0.39 is 11.4 Å². The van der Waals surface area contributed by atoms with Crippen molar-refractivity contribution < 1.29 is 18.7 Å². The highest BCUT2D eigenvalue weighted by atomic mass is 35.5. The first-order valence-corrected chi connectivity index (χ1v) is 11.9. The van der Waals surface area contributed by atoms with E-state index in [0.29, 0.717) is 51.1 Å². The molecule has 0 N–H and O–H groups in total. The van der Waals surface area contributed by atoms with Gasteiger partial charge in [-0.15, -0.1) is 0 Å². The zero-order chi connectivity index (χ0) is 27.0. The molecule has 7 nitrogen and oxygen atoms in total. The molecule has 3 aromatic heterocycles. The number of halogens is 3. The minimum Gasteiger partial charge on any atom is -0.480 e. The van der Waals surface area contributed by atoms with E-state index in [1.165, 1.54) is 23.9 Å². The van der Waals surface area contributed by atoms with Gasteiger partial charge in [-0.1, -0.05) is 59.6 Å². The molecule has 5 aromatic rings. The number of hydrogen-bond acceptors (Lipinski definition) is 6. The summed E-state index contributed by atoms with van der Waals surface area (Å²) in [5, 5.41) is 0.656. The summed E-state index contributed by atoms with van der Waals surface area (Å²) in [6.07, 6.45) is 3.56. The Morgan fingerprint density at radius 2 is 1.58 bits per heavy atom. The van der Waals surface area contributed by atoms with Crippen LogP contribution in [0.15, 0.2) is 71.8 Å². The van der Waals surface area contributed by atoms with Gasteiger partial charge in [0, 0.05) is 40.7 Å². The van der Waals surface area contributed by atoms with Crippen LogP contribution in [0.3, 0.4) is 0 Å². The number of aromatic nitrogens is 3. The normalized spacial score (nSPS) is 10.9. The number of carbonyl (C=O) groups is 2. The van der Waals surface area contributed by atoms with Gasteiger partial charge in [-0.2, -0.15) is 0 Å². The molecule has 0 aliphatic rings. The minimum atomic E-state index is -0.785. The van der Waals surface area contributed by atoms with Gasteiger partial charge in [-0.25, -0.2) is 14.4 Å². The van der Waals surface area contributed by atoms with Gasteiger partial charge in [0.05, 0.1) is 28.4 Å². The number of hydrogen-bond donors (Lipinski definition) is 0. The Hall–Kier alpha value is -4.40. The van der Waals surface area contributed by atoms with Crippen molar-refractivity contribution in [3.63, 3.8) is 0 Å². The Bertz CT molecular complexity index is 1820. The number of ether oxygens (including phenoxy) is 1. The first-order valence-electron chi connectivity index (χ1n) is 11.1. The molecular weight excluding hydrogens is 532 g/mol. The average molecular weight is 548 g/mol. The number of nitrogens with zero attached hydrogens (tertiary/aromatic N) is 3. The quantitative estimate of drug-likeness (QED) is 0.236. The molecule has 0 atom stereocenters. The van der Waals surface area contributed by atoms with Crippen molar-refractivity contribution in [2.75, 3.05) is 7.11 Å². The Balaban J connectivity index is 1.63. The zero-order valence-corrected chi connectivity index (χ0v) is 21.1. The Morgan fingerprint density at radius 1 is 0.921 bits per heavy atom. The molecule has 10 heteroatoms. The number of methoxy groups -OCH3 is 1. The molecule has 0 aliphatic carbocycles. The van der Waals surface area contributed by atoms with E-state index in [-0.39, 0.29) is 27.7 Å². The highest BCUT2D eigenvalue weighted by Crippen LogP contribution is 2.42. The predicted octanol–water partition coefficient (Wildman–Crippen LogP) is 6.17. The molecule has 188 valence electrons. The highest BCUT2D eigenvalue weighted by molar-refractivity contribution is 6.39. The number of carbonyl (C=O) groups excluding carboxylic acids is 2. The fourth-order valence-corrected chi connectivity index (χ4v) is 4.80. The second-order valence-corrected chi connectivity index (χ2v) is 8.90. The summed E-state index contributed by atoms with van der Waals surface area (Å²) in [6, 6.07) is 15.1. The van der Waals surface area contributed by atoms with Gasteiger partial charge in [0.25, 0.3) is 5.56 Å². The molecule has 0 saturated carbocycles. The number of benzene rings is 2. The van der Waals surface area contributed by atoms with Crippen molar-refractivity contribution in [1.29, 1.82) is 0 Å². The largest absolute Gasteiger partial charge is 0.480 e. The van der Waals surface area contributed by atoms with Crippen molar-refractivity contribution in [2.45, 2.75) is 0 Å². The standard InChI is InChI=1S/C28H16Cl2FN3O4/c1-38-27-21(14-36)22(31)11-23(33-27)20-7-3-6-19(26(20)30)18-5-2-4-17(25(18)29)15-8-9-34-24(10-15)32-12-16(13-35)28(34)37/h2-14H,1H3. The molecule has 0 spiro atoms. The van der Waals surface area contributed by atoms with Crippen LogP contribution in [0.5, 0.6) is 5.88 Å². The molecule has 0 bridgehead atoms. The third-order valence-electron chi connectivity index (χ3n) is 6.02. The van der Waals surface area contributed by atoms with Crippen molar-refractivity contribution in [1.82, 2.24) is 14.4 Å². The molecule has 0 saturated heterocycles. The summed E-state index contributed by atoms with van der Waals surface area (Å²) >= 11 is 13.6. The molecular formula is C28H16Cl2FN3O4. The third kappa shape index (κ3) is 4.23. The Morgan fingerprint density at radius 3 is 2.24 bits per heavy atom. The van der Waals surface area contributed by atoms with Crippen molar-refractivity contribution >= 4 is 41.4 Å². The second kappa shape index (κ2) is 10.2. The van der Waals surface area contributed by atoms with E-state index in [1.807, 2.05) is 6.07 Å². The predicted molar refractivity (Wildman–Crippen MR) is 143 cm³/mol. The van der Waals surface area contributed by atoms with Crippen LogP contribution in [0.4, 0.5) is 4.39 Å². The monoisotopic (exact) mass is 547 g/mol. The number of rotatable bonds is 6. The molecule has 38 heavy (non-hydrogen) atoms. The summed E-state index contributed by atoms with van der Waals surface area (Å²) in [6.45, 7) is 0. The maximum Gasteiger partial charge on any atom is 0.268 e. The molecule has 3 heterocycles. The second-order valence-electron chi connectivity index (χ2n) is 8.14. The molecule has 0 aliphatic heterocycles. The van der Waals surface area contributed by atoms with E-state index in [1.54, 1.807) is 42.5 Å². The van der Waals surface area contributed by atoms with E-state index in [9.17, 15) is 18.8 Å². The SMILES string of the molecule is COc1nc(-c2cccc(-c3cccc(-c4ccn5c(=O)c(C=O)cnc5c4)c3Cl)c2Cl)cc(F)c1C=O. The van der Waals surface area contributed by atoms with Crippen LogP contribution in [0, 0.1) is 5.82 Å². The fraction of sp³-hybridized carbons (Fsp3) is 0.0357. The van der Waals surface area contributed by atoms with Crippen LogP contribution in [0.2, 0.25) is 10.0 Å². The number of pyridine rings is 2. The molecule has 0 radical (unpaired) electrons. The maximum atomic E-state index is 14.6. The summed E-state index contributed by atoms with van der Waals surface area (Å²) < 4.78 is 20.9. The van der Waals surface area contributed by atoms with Gasteiger partial charge >= 0.3 is 0 Å². The van der Waals surface area contributed by atoms with Gasteiger partial charge in [0.1, 0.15) is 17.0 Å². The smallest absolute Gasteiger partial charge is 0.268 e. The lowest BCUT2D eigenvalue weighted by Crippen LogP contribution is -2.18. The lowest BCUT2D eigenvalue weighted by molar-refractivity contribution is 0.111. The molecule has 5 rings (SSSR count). The van der Waals surface area contributed by atoms with Crippen molar-refractivity contribution in [3.8, 4) is 39.4 Å². The Labute approximate surface area is 225 Å². The van der Waals surface area contributed by atoms with Crippen LogP contribution >= 0.6 is 23.2 Å². The van der Waals surface area contributed by atoms with Crippen LogP contribution in [0.1, 0.15) is 20.7 Å². The van der Waals surface area contributed by atoms with Gasteiger partial charge in [-0.05, 0) is 17.7 Å². The van der Waals surface area contributed by atoms with Crippen LogP contribution in [-0.4, -0.2) is 34.1 Å². The zero-order valence-electron chi connectivity index (χ0n) is 19.6. The average Bonchev–Trinajstić information content (AvgIpc) is 2.93. The maximum absolute atomic E-state index is 14.6. The van der Waals surface area contributed by atoms with Gasteiger partial charge in [-0.3, -0.25) is 18.8 Å². The molecule has 0 amide bonds.